The molecule has 0 heterocycles. The van der Waals surface area contributed by atoms with Gasteiger partial charge in [-0.1, -0.05) is 0 Å². The number of carbonyl (C=O) groups excluding carboxylic acids is 1. The molecule has 1 atom stereocenters. The molecule has 0 saturated heterocycles. The summed E-state index contributed by atoms with van der Waals surface area (Å²) < 4.78 is 10.3. The average Bonchev–Trinajstić information content (AvgIpc) is 2.44. The Morgan fingerprint density at radius 3 is 2.55 bits per heavy atom. The van der Waals surface area contributed by atoms with Gasteiger partial charge in [0.25, 0.3) is 0 Å². The van der Waals surface area contributed by atoms with Crippen molar-refractivity contribution in [3.8, 4) is 5.75 Å². The quantitative estimate of drug-likeness (QED) is 0.547. The molecule has 0 saturated carbocycles. The molecule has 7 nitrogen and oxygen atoms in total. The van der Waals surface area contributed by atoms with E-state index < -0.39 is 17.8 Å². The fourth-order valence-corrected chi connectivity index (χ4v) is 1.34. The number of benzene rings is 1. The van der Waals surface area contributed by atoms with Crippen LogP contribution in [0, 0.1) is 0 Å². The zero-order valence-corrected chi connectivity index (χ0v) is 12.9. The number of hydrogen-bond donors (Lipinski definition) is 3. The number of amides is 1. The molecule has 1 aromatic carbocycles. The van der Waals surface area contributed by atoms with Gasteiger partial charge in [-0.05, 0) is 45.0 Å². The van der Waals surface area contributed by atoms with Crippen LogP contribution in [0.15, 0.2) is 29.3 Å². The van der Waals surface area contributed by atoms with Crippen molar-refractivity contribution in [1.29, 1.82) is 0 Å². The fraction of sp³-hybridized carbons (Fsp3) is 0.467. The van der Waals surface area contributed by atoms with Crippen LogP contribution in [0.3, 0.4) is 0 Å². The van der Waals surface area contributed by atoms with Gasteiger partial charge in [0.2, 0.25) is 0 Å². The minimum absolute atomic E-state index is 0.0132. The summed E-state index contributed by atoms with van der Waals surface area (Å²) in [7, 11) is 0. The van der Waals surface area contributed by atoms with Crippen LogP contribution in [0.5, 0.6) is 5.75 Å². The summed E-state index contributed by atoms with van der Waals surface area (Å²) in [5, 5.41) is 20.3. The van der Waals surface area contributed by atoms with Gasteiger partial charge in [-0.3, -0.25) is 5.32 Å². The smallest absolute Gasteiger partial charge is 0.412 e. The minimum Gasteiger partial charge on any atom is -0.491 e. The molecule has 0 aromatic heterocycles. The van der Waals surface area contributed by atoms with Crippen molar-refractivity contribution in [1.82, 2.24) is 5.32 Å². The van der Waals surface area contributed by atoms with Gasteiger partial charge in [-0.25, -0.2) is 9.79 Å². The first-order valence-corrected chi connectivity index (χ1v) is 6.84. The molecule has 3 N–H and O–H groups in total. The molecule has 1 aromatic rings. The molecular formula is C15H22N2O5. The van der Waals surface area contributed by atoms with Gasteiger partial charge in [0.1, 0.15) is 24.1 Å². The highest BCUT2D eigenvalue weighted by Crippen LogP contribution is 2.17. The number of aliphatic hydroxyl groups is 2. The third kappa shape index (κ3) is 7.61. The number of alkyl carbamates (subject to hydrolysis) is 1. The molecular weight excluding hydrogens is 288 g/mol. The standard InChI is InChI=1S/C15H22N2O5/c1-15(2,3)22-14(20)17-10-16-11-4-6-13(7-5-11)21-9-12(19)8-18/h4-7,10,12,18-19H,8-9H2,1-3H3,(H,16,17,20). The first-order chi connectivity index (χ1) is 10.3. The molecule has 0 spiro atoms. The lowest BCUT2D eigenvalue weighted by atomic mass is 10.2. The summed E-state index contributed by atoms with van der Waals surface area (Å²) in [5.41, 5.74) is 0.0573. The maximum atomic E-state index is 11.4. The van der Waals surface area contributed by atoms with Crippen LogP contribution in [-0.2, 0) is 4.74 Å². The highest BCUT2D eigenvalue weighted by molar-refractivity contribution is 5.83. The molecule has 0 bridgehead atoms. The molecule has 0 aliphatic heterocycles. The maximum Gasteiger partial charge on any atom is 0.412 e. The second kappa shape index (κ2) is 8.35. The van der Waals surface area contributed by atoms with Gasteiger partial charge in [0, 0.05) is 0 Å². The van der Waals surface area contributed by atoms with E-state index in [-0.39, 0.29) is 13.2 Å². The Labute approximate surface area is 129 Å². The van der Waals surface area contributed by atoms with Crippen molar-refractivity contribution >= 4 is 18.1 Å². The minimum atomic E-state index is -0.907. The lowest BCUT2D eigenvalue weighted by Crippen LogP contribution is -2.31. The third-order valence-corrected chi connectivity index (χ3v) is 2.28. The Balaban J connectivity index is 2.43. The molecule has 7 heteroatoms. The highest BCUT2D eigenvalue weighted by Gasteiger charge is 2.14. The second-order valence-corrected chi connectivity index (χ2v) is 5.55. The number of nitrogens with zero attached hydrogens (tertiary/aromatic N) is 1. The van der Waals surface area contributed by atoms with Crippen molar-refractivity contribution < 1.29 is 24.5 Å². The van der Waals surface area contributed by atoms with Gasteiger partial charge in [-0.2, -0.15) is 0 Å². The summed E-state index contributed by atoms with van der Waals surface area (Å²) in [6.07, 6.45) is -0.232. The Bertz CT molecular complexity index is 494. The van der Waals surface area contributed by atoms with Crippen molar-refractivity contribution in [2.45, 2.75) is 32.5 Å². The molecule has 0 aliphatic carbocycles. The van der Waals surface area contributed by atoms with E-state index >= 15 is 0 Å². The zero-order valence-electron chi connectivity index (χ0n) is 12.9. The number of nitrogens with one attached hydrogen (secondary N) is 1. The van der Waals surface area contributed by atoms with Gasteiger partial charge < -0.3 is 19.7 Å². The van der Waals surface area contributed by atoms with Crippen LogP contribution < -0.4 is 10.1 Å². The number of hydrogen-bond acceptors (Lipinski definition) is 6. The number of carbonyl (C=O) groups is 1. The average molecular weight is 310 g/mol. The summed E-state index contributed by atoms with van der Waals surface area (Å²) >= 11 is 0. The van der Waals surface area contributed by atoms with Gasteiger partial charge in [0.15, 0.2) is 0 Å². The van der Waals surface area contributed by atoms with E-state index in [9.17, 15) is 9.90 Å². The Morgan fingerprint density at radius 2 is 2.00 bits per heavy atom. The van der Waals surface area contributed by atoms with E-state index in [0.717, 1.165) is 0 Å². The van der Waals surface area contributed by atoms with E-state index in [0.29, 0.717) is 11.4 Å². The van der Waals surface area contributed by atoms with Crippen molar-refractivity contribution in [3.05, 3.63) is 24.3 Å². The summed E-state index contributed by atoms with van der Waals surface area (Å²) in [6.45, 7) is 4.99. The monoisotopic (exact) mass is 310 g/mol. The summed E-state index contributed by atoms with van der Waals surface area (Å²) in [5.74, 6) is 0.548. The zero-order chi connectivity index (χ0) is 16.6. The Hall–Kier alpha value is -2.12. The molecule has 0 radical (unpaired) electrons. The van der Waals surface area contributed by atoms with Crippen LogP contribution >= 0.6 is 0 Å². The summed E-state index contributed by atoms with van der Waals surface area (Å²) in [4.78, 5) is 15.4. The lowest BCUT2D eigenvalue weighted by Gasteiger charge is -2.18. The summed E-state index contributed by atoms with van der Waals surface area (Å²) in [6, 6.07) is 6.72. The molecule has 122 valence electrons. The number of rotatable bonds is 6. The van der Waals surface area contributed by atoms with Crippen LogP contribution in [0.25, 0.3) is 0 Å². The van der Waals surface area contributed by atoms with Crippen LogP contribution in [0.1, 0.15) is 20.8 Å². The van der Waals surface area contributed by atoms with E-state index in [1.54, 1.807) is 45.0 Å². The predicted octanol–water partition coefficient (Wildman–Crippen LogP) is 1.60. The molecule has 0 aliphatic rings. The highest BCUT2D eigenvalue weighted by atomic mass is 16.6. The first kappa shape index (κ1) is 17.9. The van der Waals surface area contributed by atoms with E-state index in [1.807, 2.05) is 0 Å². The van der Waals surface area contributed by atoms with Crippen molar-refractivity contribution in [2.75, 3.05) is 13.2 Å². The first-order valence-electron chi connectivity index (χ1n) is 6.84. The van der Waals surface area contributed by atoms with E-state index in [2.05, 4.69) is 10.3 Å². The molecule has 1 rings (SSSR count). The fourth-order valence-electron chi connectivity index (χ4n) is 1.34. The van der Waals surface area contributed by atoms with Crippen LogP contribution in [0.2, 0.25) is 0 Å². The number of aliphatic hydroxyl groups excluding tert-OH is 2. The molecule has 1 unspecified atom stereocenters. The van der Waals surface area contributed by atoms with Crippen molar-refractivity contribution in [2.24, 2.45) is 4.99 Å². The topological polar surface area (TPSA) is 100 Å². The van der Waals surface area contributed by atoms with Gasteiger partial charge >= 0.3 is 6.09 Å². The van der Waals surface area contributed by atoms with Crippen LogP contribution in [0.4, 0.5) is 10.5 Å². The Morgan fingerprint density at radius 1 is 1.36 bits per heavy atom. The van der Waals surface area contributed by atoms with Crippen molar-refractivity contribution in [3.63, 3.8) is 0 Å². The second-order valence-electron chi connectivity index (χ2n) is 5.55. The third-order valence-electron chi connectivity index (χ3n) is 2.28. The Kier molecular flexibility index (Phi) is 6.81. The lowest BCUT2D eigenvalue weighted by molar-refractivity contribution is 0.0536. The largest absolute Gasteiger partial charge is 0.491 e. The molecule has 0 fully saturated rings. The maximum absolute atomic E-state index is 11.4. The van der Waals surface area contributed by atoms with Gasteiger partial charge in [0.05, 0.1) is 18.6 Å². The molecule has 22 heavy (non-hydrogen) atoms. The predicted molar refractivity (Wildman–Crippen MR) is 82.6 cm³/mol. The number of aliphatic imine (C=N–C) groups is 1. The van der Waals surface area contributed by atoms with Gasteiger partial charge in [-0.15, -0.1) is 0 Å². The van der Waals surface area contributed by atoms with E-state index in [1.165, 1.54) is 6.34 Å². The normalized spacial score (nSPS) is 13.0. The SMILES string of the molecule is CC(C)(C)OC(=O)N/C=N/c1ccc(OCC(O)CO)cc1. The van der Waals surface area contributed by atoms with Crippen LogP contribution in [-0.4, -0.2) is 47.6 Å². The number of ether oxygens (including phenoxy) is 2. The van der Waals surface area contributed by atoms with E-state index in [4.69, 9.17) is 14.6 Å². The molecule has 1 amide bonds.